The van der Waals surface area contributed by atoms with Gasteiger partial charge in [0.05, 0.1) is 11.4 Å². The highest BCUT2D eigenvalue weighted by molar-refractivity contribution is 7.06. The van der Waals surface area contributed by atoms with E-state index in [0.717, 1.165) is 75.0 Å². The molecular weight excluding hydrogens is 466 g/mol. The summed E-state index contributed by atoms with van der Waals surface area (Å²) in [5.41, 5.74) is 8.29. The lowest BCUT2D eigenvalue weighted by atomic mass is 10.0. The van der Waals surface area contributed by atoms with Crippen molar-refractivity contribution in [1.29, 1.82) is 0 Å². The van der Waals surface area contributed by atoms with Crippen LogP contribution in [0.5, 0.6) is 0 Å². The van der Waals surface area contributed by atoms with Gasteiger partial charge in [-0.25, -0.2) is 9.97 Å². The number of hydrogen-bond acceptors (Lipinski definition) is 7. The fourth-order valence-electron chi connectivity index (χ4n) is 4.42. The Labute approximate surface area is 215 Å². The highest BCUT2D eigenvalue weighted by Gasteiger charge is 2.20. The minimum atomic E-state index is 0.696. The van der Waals surface area contributed by atoms with E-state index >= 15 is 0 Å². The first-order chi connectivity index (χ1) is 17.5. The highest BCUT2D eigenvalue weighted by Crippen LogP contribution is 2.36. The summed E-state index contributed by atoms with van der Waals surface area (Å²) >= 11 is 1.52. The topological polar surface area (TPSA) is 90.6 Å². The van der Waals surface area contributed by atoms with E-state index in [-0.39, 0.29) is 0 Å². The van der Waals surface area contributed by atoms with Crippen LogP contribution in [0, 0.1) is 20.8 Å². The Balaban J connectivity index is 1.59. The summed E-state index contributed by atoms with van der Waals surface area (Å²) in [6.07, 6.45) is 1.96. The van der Waals surface area contributed by atoms with Crippen LogP contribution >= 0.6 is 11.5 Å². The number of nitrogens with zero attached hydrogens (tertiary/aromatic N) is 3. The molecule has 0 aliphatic rings. The number of H-pyrrole nitrogens is 1. The number of anilines is 2. The monoisotopic (exact) mass is 497 g/mol. The van der Waals surface area contributed by atoms with Crippen LogP contribution in [0.25, 0.3) is 33.5 Å². The maximum absolute atomic E-state index is 5.09. The smallest absolute Gasteiger partial charge is 0.162 e. The van der Waals surface area contributed by atoms with Crippen molar-refractivity contribution in [2.45, 2.75) is 27.3 Å². The molecule has 3 heterocycles. The summed E-state index contributed by atoms with van der Waals surface area (Å²) in [5, 5.41) is 11.4. The second-order valence-electron chi connectivity index (χ2n) is 8.92. The van der Waals surface area contributed by atoms with Crippen LogP contribution in [0.3, 0.4) is 0 Å². The first-order valence-electron chi connectivity index (χ1n) is 12.1. The molecule has 0 unspecified atom stereocenters. The molecule has 2 aromatic carbocycles. The summed E-state index contributed by atoms with van der Waals surface area (Å²) in [4.78, 5) is 14.6. The summed E-state index contributed by atoms with van der Waals surface area (Å²) in [6, 6.07) is 16.7. The van der Waals surface area contributed by atoms with E-state index in [2.05, 4.69) is 81.6 Å². The number of aromatic nitrogens is 4. The van der Waals surface area contributed by atoms with Crippen molar-refractivity contribution in [2.24, 2.45) is 0 Å². The largest absolute Gasteiger partial charge is 0.361 e. The Hall–Kier alpha value is -3.59. The summed E-state index contributed by atoms with van der Waals surface area (Å²) in [7, 11) is 1.96. The Bertz CT molecular complexity index is 1480. The van der Waals surface area contributed by atoms with E-state index in [9.17, 15) is 0 Å². The minimum Gasteiger partial charge on any atom is -0.361 e. The summed E-state index contributed by atoms with van der Waals surface area (Å²) in [6.45, 7) is 8.87. The Kier molecular flexibility index (Phi) is 7.09. The summed E-state index contributed by atoms with van der Waals surface area (Å²) < 4.78 is 4.59. The molecule has 0 aliphatic carbocycles. The van der Waals surface area contributed by atoms with Crippen LogP contribution in [-0.2, 0) is 6.54 Å². The minimum absolute atomic E-state index is 0.696. The normalized spacial score (nSPS) is 11.3. The first-order valence-corrected chi connectivity index (χ1v) is 12.9. The number of rotatable bonds is 9. The molecule has 4 N–H and O–H groups in total. The van der Waals surface area contributed by atoms with Crippen LogP contribution in [-0.4, -0.2) is 39.5 Å². The Morgan fingerprint density at radius 3 is 2.64 bits per heavy atom. The zero-order chi connectivity index (χ0) is 25.1. The number of nitrogens with one attached hydrogen (secondary N) is 4. The zero-order valence-corrected chi connectivity index (χ0v) is 21.9. The molecule has 0 bridgehead atoms. The predicted molar refractivity (Wildman–Crippen MR) is 150 cm³/mol. The van der Waals surface area contributed by atoms with Gasteiger partial charge in [-0.1, -0.05) is 24.3 Å². The van der Waals surface area contributed by atoms with Crippen molar-refractivity contribution >= 4 is 33.9 Å². The molecule has 7 nitrogen and oxygen atoms in total. The molecule has 0 radical (unpaired) electrons. The van der Waals surface area contributed by atoms with Crippen molar-refractivity contribution < 1.29 is 0 Å². The van der Waals surface area contributed by atoms with E-state index in [1.54, 1.807) is 0 Å². The van der Waals surface area contributed by atoms with Crippen LogP contribution in [0.4, 0.5) is 11.5 Å². The van der Waals surface area contributed by atoms with Gasteiger partial charge in [0.1, 0.15) is 5.82 Å². The molecule has 3 aromatic heterocycles. The maximum Gasteiger partial charge on any atom is 0.162 e. The zero-order valence-electron chi connectivity index (χ0n) is 21.1. The van der Waals surface area contributed by atoms with Gasteiger partial charge in [-0.15, -0.1) is 0 Å². The standard InChI is InChI=1S/C28H31N7S/c1-17-26(25-18(2)35-36-19(25)3)33-28(21-8-5-7-20(15-21)16-30-14-13-29-4)34-27(17)32-24-10-6-9-23-22(24)11-12-31-23/h5-12,15,29-31H,13-14,16H2,1-4H3,(H,32,33,34). The van der Waals surface area contributed by atoms with Crippen molar-refractivity contribution in [3.8, 4) is 22.6 Å². The van der Waals surface area contributed by atoms with Gasteiger partial charge in [0.15, 0.2) is 5.82 Å². The fraction of sp³-hybridized carbons (Fsp3) is 0.250. The van der Waals surface area contributed by atoms with Crippen LogP contribution < -0.4 is 16.0 Å². The Morgan fingerprint density at radius 2 is 1.83 bits per heavy atom. The molecule has 0 amide bonds. The SMILES string of the molecule is CNCCNCc1cccc(-c2nc(Nc3cccc4[nH]ccc34)c(C)c(-c3c(C)nsc3C)n2)c1. The summed E-state index contributed by atoms with van der Waals surface area (Å²) in [5.74, 6) is 1.49. The molecule has 0 atom stereocenters. The lowest BCUT2D eigenvalue weighted by molar-refractivity contribution is 0.651. The maximum atomic E-state index is 5.09. The predicted octanol–water partition coefficient (Wildman–Crippen LogP) is 5.73. The van der Waals surface area contributed by atoms with Gasteiger partial charge in [0.25, 0.3) is 0 Å². The molecule has 0 aliphatic heterocycles. The molecule has 36 heavy (non-hydrogen) atoms. The molecule has 8 heteroatoms. The third-order valence-corrected chi connectivity index (χ3v) is 7.17. The highest BCUT2D eigenvalue weighted by atomic mass is 32.1. The van der Waals surface area contributed by atoms with E-state index in [1.807, 2.05) is 26.2 Å². The quantitative estimate of drug-likeness (QED) is 0.195. The lowest BCUT2D eigenvalue weighted by Crippen LogP contribution is -2.24. The molecule has 0 saturated heterocycles. The second-order valence-corrected chi connectivity index (χ2v) is 9.90. The molecule has 0 spiro atoms. The number of aromatic amines is 1. The third-order valence-electron chi connectivity index (χ3n) is 6.33. The second kappa shape index (κ2) is 10.6. The van der Waals surface area contributed by atoms with E-state index in [4.69, 9.17) is 9.97 Å². The van der Waals surface area contributed by atoms with E-state index in [0.29, 0.717) is 5.82 Å². The number of fused-ring (bicyclic) bond motifs is 1. The molecular formula is C28H31N7S. The fourth-order valence-corrected chi connectivity index (χ4v) is 5.12. The van der Waals surface area contributed by atoms with E-state index < -0.39 is 0 Å². The van der Waals surface area contributed by atoms with Gasteiger partial charge in [0, 0.05) is 64.0 Å². The molecule has 184 valence electrons. The van der Waals surface area contributed by atoms with Gasteiger partial charge in [-0.05, 0) is 69.2 Å². The number of benzene rings is 2. The van der Waals surface area contributed by atoms with Crippen molar-refractivity contribution in [3.05, 3.63) is 76.4 Å². The number of hydrogen-bond donors (Lipinski definition) is 4. The molecule has 5 aromatic rings. The average Bonchev–Trinajstić information content (AvgIpc) is 3.50. The lowest BCUT2D eigenvalue weighted by Gasteiger charge is -2.16. The van der Waals surface area contributed by atoms with E-state index in [1.165, 1.54) is 17.1 Å². The first kappa shape index (κ1) is 24.1. The van der Waals surface area contributed by atoms with Crippen molar-refractivity contribution in [1.82, 2.24) is 30.0 Å². The van der Waals surface area contributed by atoms with Crippen LogP contribution in [0.2, 0.25) is 0 Å². The average molecular weight is 498 g/mol. The van der Waals surface area contributed by atoms with Gasteiger partial charge in [0.2, 0.25) is 0 Å². The van der Waals surface area contributed by atoms with Crippen LogP contribution in [0.15, 0.2) is 54.7 Å². The van der Waals surface area contributed by atoms with Gasteiger partial charge in [-0.3, -0.25) is 0 Å². The molecule has 5 rings (SSSR count). The third kappa shape index (κ3) is 4.88. The van der Waals surface area contributed by atoms with Gasteiger partial charge >= 0.3 is 0 Å². The van der Waals surface area contributed by atoms with Crippen molar-refractivity contribution in [2.75, 3.05) is 25.5 Å². The number of aryl methyl sites for hydroxylation is 2. The Morgan fingerprint density at radius 1 is 0.972 bits per heavy atom. The number of likely N-dealkylation sites (N-methyl/N-ethyl adjacent to an activating group) is 1. The molecule has 0 fully saturated rings. The van der Waals surface area contributed by atoms with Gasteiger partial charge in [-0.2, -0.15) is 4.37 Å². The van der Waals surface area contributed by atoms with Crippen LogP contribution in [0.1, 0.15) is 21.7 Å². The van der Waals surface area contributed by atoms with Crippen molar-refractivity contribution in [3.63, 3.8) is 0 Å². The molecule has 0 saturated carbocycles. The van der Waals surface area contributed by atoms with Gasteiger partial charge < -0.3 is 20.9 Å².